The second-order valence-electron chi connectivity index (χ2n) is 2.67. The molecule has 0 aliphatic rings. The summed E-state index contributed by atoms with van der Waals surface area (Å²) >= 11 is 5.95. The van der Waals surface area contributed by atoms with E-state index in [2.05, 4.69) is 11.1 Å². The Morgan fingerprint density at radius 1 is 1.38 bits per heavy atom. The van der Waals surface area contributed by atoms with Crippen LogP contribution in [0.2, 0.25) is 5.02 Å². The molecule has 1 aromatic heterocycles. The van der Waals surface area contributed by atoms with Gasteiger partial charge in [0.15, 0.2) is 0 Å². The molecule has 0 radical (unpaired) electrons. The Labute approximate surface area is 80.4 Å². The lowest BCUT2D eigenvalue weighted by molar-refractivity contribution is 1.36. The molecule has 13 heavy (non-hydrogen) atoms. The first kappa shape index (κ1) is 8.03. The molecule has 2 nitrogen and oxygen atoms in total. The Morgan fingerprint density at radius 2 is 2.23 bits per heavy atom. The molecular formula is C10H5ClN2. The van der Waals surface area contributed by atoms with Crippen LogP contribution < -0.4 is 0 Å². The lowest BCUT2D eigenvalue weighted by Gasteiger charge is -1.99. The summed E-state index contributed by atoms with van der Waals surface area (Å²) in [6, 6.07) is 7.33. The third kappa shape index (κ3) is 1.34. The summed E-state index contributed by atoms with van der Waals surface area (Å²) in [5.74, 6) is 0. The molecule has 0 aliphatic carbocycles. The Bertz CT molecular complexity index is 500. The van der Waals surface area contributed by atoms with Gasteiger partial charge >= 0.3 is 0 Å². The molecule has 0 N–H and O–H groups in total. The molecule has 62 valence electrons. The van der Waals surface area contributed by atoms with Crippen LogP contribution in [0, 0.1) is 11.3 Å². The summed E-state index contributed by atoms with van der Waals surface area (Å²) in [5, 5.41) is 11.1. The molecule has 0 bridgehead atoms. The first-order chi connectivity index (χ1) is 6.31. The van der Waals surface area contributed by atoms with E-state index in [1.54, 1.807) is 24.5 Å². The molecule has 0 spiro atoms. The van der Waals surface area contributed by atoms with Gasteiger partial charge < -0.3 is 0 Å². The van der Waals surface area contributed by atoms with Crippen LogP contribution in [0.3, 0.4) is 0 Å². The van der Waals surface area contributed by atoms with Gasteiger partial charge in [-0.05, 0) is 23.6 Å². The highest BCUT2D eigenvalue weighted by Crippen LogP contribution is 2.23. The molecule has 0 aliphatic heterocycles. The molecule has 0 atom stereocenters. The summed E-state index contributed by atoms with van der Waals surface area (Å²) in [7, 11) is 0. The molecule has 0 saturated heterocycles. The SMILES string of the molecule is N#Cc1cc(Cl)c2cnccc2c1. The zero-order valence-corrected chi connectivity index (χ0v) is 7.42. The van der Waals surface area contributed by atoms with E-state index >= 15 is 0 Å². The van der Waals surface area contributed by atoms with E-state index in [9.17, 15) is 0 Å². The van der Waals surface area contributed by atoms with Gasteiger partial charge in [0.2, 0.25) is 0 Å². The van der Waals surface area contributed by atoms with Crippen molar-refractivity contribution in [3.63, 3.8) is 0 Å². The Kier molecular flexibility index (Phi) is 1.88. The van der Waals surface area contributed by atoms with Gasteiger partial charge in [-0.1, -0.05) is 11.6 Å². The molecule has 1 aromatic carbocycles. The van der Waals surface area contributed by atoms with E-state index in [0.29, 0.717) is 10.6 Å². The number of fused-ring (bicyclic) bond motifs is 1. The van der Waals surface area contributed by atoms with Crippen molar-refractivity contribution in [1.29, 1.82) is 5.26 Å². The number of hydrogen-bond acceptors (Lipinski definition) is 2. The zero-order chi connectivity index (χ0) is 9.26. The lowest BCUT2D eigenvalue weighted by Crippen LogP contribution is -1.79. The van der Waals surface area contributed by atoms with Crippen molar-refractivity contribution in [1.82, 2.24) is 4.98 Å². The standard InChI is InChI=1S/C10H5ClN2/c11-10-4-7(5-12)3-8-1-2-13-6-9(8)10/h1-4,6H. The molecule has 0 fully saturated rings. The van der Waals surface area contributed by atoms with Gasteiger partial charge in [0.25, 0.3) is 0 Å². The van der Waals surface area contributed by atoms with Crippen molar-refractivity contribution in [3.05, 3.63) is 41.2 Å². The second-order valence-corrected chi connectivity index (χ2v) is 3.07. The monoisotopic (exact) mass is 188 g/mol. The second kappa shape index (κ2) is 3.04. The van der Waals surface area contributed by atoms with Crippen molar-refractivity contribution < 1.29 is 0 Å². The maximum absolute atomic E-state index is 8.70. The highest BCUT2D eigenvalue weighted by molar-refractivity contribution is 6.35. The summed E-state index contributed by atoms with van der Waals surface area (Å²) in [6.45, 7) is 0. The first-order valence-electron chi connectivity index (χ1n) is 3.74. The molecule has 3 heteroatoms. The number of nitrogens with zero attached hydrogens (tertiary/aromatic N) is 2. The summed E-state index contributed by atoms with van der Waals surface area (Å²) in [6.07, 6.45) is 3.37. The van der Waals surface area contributed by atoms with Gasteiger partial charge in [-0.25, -0.2) is 0 Å². The predicted molar refractivity (Wildman–Crippen MR) is 51.5 cm³/mol. The van der Waals surface area contributed by atoms with Crippen LogP contribution in [0.4, 0.5) is 0 Å². The number of nitriles is 1. The average molecular weight is 189 g/mol. The smallest absolute Gasteiger partial charge is 0.0992 e. The van der Waals surface area contributed by atoms with Crippen LogP contribution >= 0.6 is 11.6 Å². The molecular weight excluding hydrogens is 184 g/mol. The fraction of sp³-hybridized carbons (Fsp3) is 0. The van der Waals surface area contributed by atoms with Gasteiger partial charge in [-0.3, -0.25) is 4.98 Å². The molecule has 0 amide bonds. The highest BCUT2D eigenvalue weighted by atomic mass is 35.5. The summed E-state index contributed by atoms with van der Waals surface area (Å²) in [4.78, 5) is 3.96. The molecule has 1 heterocycles. The Morgan fingerprint density at radius 3 is 3.00 bits per heavy atom. The third-order valence-electron chi connectivity index (χ3n) is 1.83. The number of aromatic nitrogens is 1. The van der Waals surface area contributed by atoms with Crippen LogP contribution in [-0.2, 0) is 0 Å². The van der Waals surface area contributed by atoms with Crippen molar-refractivity contribution >= 4 is 22.4 Å². The number of halogens is 1. The Balaban J connectivity index is 2.86. The van der Waals surface area contributed by atoms with Crippen LogP contribution in [-0.4, -0.2) is 4.98 Å². The number of rotatable bonds is 0. The van der Waals surface area contributed by atoms with Crippen molar-refractivity contribution in [2.24, 2.45) is 0 Å². The van der Waals surface area contributed by atoms with Crippen LogP contribution in [0.15, 0.2) is 30.6 Å². The van der Waals surface area contributed by atoms with Gasteiger partial charge in [0.05, 0.1) is 16.7 Å². The molecule has 2 rings (SSSR count). The summed E-state index contributed by atoms with van der Waals surface area (Å²) < 4.78 is 0. The molecule has 0 saturated carbocycles. The molecule has 2 aromatic rings. The van der Waals surface area contributed by atoms with E-state index in [1.165, 1.54) is 0 Å². The van der Waals surface area contributed by atoms with E-state index in [1.807, 2.05) is 6.07 Å². The first-order valence-corrected chi connectivity index (χ1v) is 4.12. The zero-order valence-electron chi connectivity index (χ0n) is 6.66. The van der Waals surface area contributed by atoms with Crippen LogP contribution in [0.5, 0.6) is 0 Å². The predicted octanol–water partition coefficient (Wildman–Crippen LogP) is 2.76. The van der Waals surface area contributed by atoms with Crippen LogP contribution in [0.1, 0.15) is 5.56 Å². The largest absolute Gasteiger partial charge is 0.264 e. The third-order valence-corrected chi connectivity index (χ3v) is 2.15. The average Bonchev–Trinajstić information content (AvgIpc) is 2.18. The van der Waals surface area contributed by atoms with Gasteiger partial charge in [0, 0.05) is 17.8 Å². The van der Waals surface area contributed by atoms with Crippen molar-refractivity contribution in [2.75, 3.05) is 0 Å². The minimum atomic E-state index is 0.571. The maximum atomic E-state index is 8.70. The number of pyridine rings is 1. The van der Waals surface area contributed by atoms with Crippen molar-refractivity contribution in [3.8, 4) is 6.07 Å². The molecule has 0 unspecified atom stereocenters. The lowest BCUT2D eigenvalue weighted by atomic mass is 10.1. The van der Waals surface area contributed by atoms with Gasteiger partial charge in [0.1, 0.15) is 0 Å². The fourth-order valence-corrected chi connectivity index (χ4v) is 1.49. The van der Waals surface area contributed by atoms with E-state index in [0.717, 1.165) is 10.8 Å². The van der Waals surface area contributed by atoms with Crippen molar-refractivity contribution in [2.45, 2.75) is 0 Å². The topological polar surface area (TPSA) is 36.7 Å². The van der Waals surface area contributed by atoms with E-state index in [-0.39, 0.29) is 0 Å². The van der Waals surface area contributed by atoms with E-state index < -0.39 is 0 Å². The minimum Gasteiger partial charge on any atom is -0.264 e. The van der Waals surface area contributed by atoms with E-state index in [4.69, 9.17) is 16.9 Å². The fourth-order valence-electron chi connectivity index (χ4n) is 1.22. The van der Waals surface area contributed by atoms with Gasteiger partial charge in [-0.2, -0.15) is 5.26 Å². The summed E-state index contributed by atoms with van der Waals surface area (Å²) in [5.41, 5.74) is 0.573. The van der Waals surface area contributed by atoms with Crippen LogP contribution in [0.25, 0.3) is 10.8 Å². The number of hydrogen-bond donors (Lipinski definition) is 0. The highest BCUT2D eigenvalue weighted by Gasteiger charge is 2.00. The normalized spacial score (nSPS) is 9.85. The number of benzene rings is 1. The quantitative estimate of drug-likeness (QED) is 0.638. The van der Waals surface area contributed by atoms with Gasteiger partial charge in [-0.15, -0.1) is 0 Å². The maximum Gasteiger partial charge on any atom is 0.0992 e. The minimum absolute atomic E-state index is 0.571. The Hall–Kier alpha value is -1.59.